The van der Waals surface area contributed by atoms with Gasteiger partial charge in [-0.3, -0.25) is 14.4 Å². The molecule has 3 rings (SSSR count). The Morgan fingerprint density at radius 3 is 2.50 bits per heavy atom. The van der Waals surface area contributed by atoms with E-state index in [1.54, 1.807) is 6.92 Å². The number of nitrogens with one attached hydrogen (secondary N) is 2. The molecule has 0 aliphatic carbocycles. The number of aromatic amines is 1. The van der Waals surface area contributed by atoms with Gasteiger partial charge < -0.3 is 31.4 Å². The number of carboxylic acid groups (broad SMARTS) is 2. The lowest BCUT2D eigenvalue weighted by atomic mass is 9.98. The molecule has 7 N–H and O–H groups in total. The number of aromatic nitrogens is 3. The third-order valence-electron chi connectivity index (χ3n) is 4.76. The summed E-state index contributed by atoms with van der Waals surface area (Å²) in [6.07, 6.45) is 0.663. The largest absolute Gasteiger partial charge is 0.493 e. The van der Waals surface area contributed by atoms with E-state index in [2.05, 4.69) is 20.3 Å². The minimum atomic E-state index is -1.37. The van der Waals surface area contributed by atoms with Crippen molar-refractivity contribution in [3.8, 4) is 5.88 Å². The maximum absolute atomic E-state index is 13.0. The number of aromatic hydroxyl groups is 1. The first-order valence-corrected chi connectivity index (χ1v) is 9.32. The number of H-pyrrole nitrogens is 1. The van der Waals surface area contributed by atoms with Crippen LogP contribution in [0.5, 0.6) is 5.88 Å². The van der Waals surface area contributed by atoms with Crippen LogP contribution in [0.1, 0.15) is 44.7 Å². The molecule has 0 fully saturated rings. The Balaban J connectivity index is 1.85. The van der Waals surface area contributed by atoms with Crippen LogP contribution >= 0.6 is 0 Å². The van der Waals surface area contributed by atoms with Gasteiger partial charge in [0.05, 0.1) is 10.9 Å². The number of hydrogen-bond donors (Lipinski definition) is 6. The number of benzene rings is 1. The highest BCUT2D eigenvalue weighted by molar-refractivity contribution is 6.17. The quantitative estimate of drug-likeness (QED) is 0.271. The van der Waals surface area contributed by atoms with Crippen LogP contribution in [0.15, 0.2) is 24.4 Å². The van der Waals surface area contributed by atoms with Crippen LogP contribution in [-0.2, 0) is 9.59 Å². The van der Waals surface area contributed by atoms with Gasteiger partial charge in [-0.05, 0) is 31.0 Å². The van der Waals surface area contributed by atoms with Crippen LogP contribution in [0.2, 0.25) is 0 Å². The summed E-state index contributed by atoms with van der Waals surface area (Å²) in [5, 5.41) is 30.4. The van der Waals surface area contributed by atoms with E-state index in [4.69, 9.17) is 10.8 Å². The standard InChI is InChI=1S/C20H19N5O7/c1-8-6-9(15(28)11-7-22-16-14(11)18(30)25-20(21)24-16)2-3-10(8)17(29)23-12(19(31)32)4-5-13(26)27/h2-3,6-7,12H,4-5H2,1H3,(H,23,29)(H,26,27)(H,31,32)(H4,21,22,24,25,30)/t12-/m0/s1. The third kappa shape index (κ3) is 4.48. The van der Waals surface area contributed by atoms with Gasteiger partial charge in [0, 0.05) is 23.7 Å². The van der Waals surface area contributed by atoms with E-state index in [-0.39, 0.29) is 40.1 Å². The highest BCUT2D eigenvalue weighted by Crippen LogP contribution is 2.28. The molecule has 0 aliphatic rings. The van der Waals surface area contributed by atoms with Crippen LogP contribution in [0.4, 0.5) is 5.95 Å². The number of rotatable bonds is 8. The smallest absolute Gasteiger partial charge is 0.326 e. The van der Waals surface area contributed by atoms with Crippen molar-refractivity contribution in [3.05, 3.63) is 46.6 Å². The highest BCUT2D eigenvalue weighted by Gasteiger charge is 2.24. The van der Waals surface area contributed by atoms with Gasteiger partial charge in [0.15, 0.2) is 5.78 Å². The van der Waals surface area contributed by atoms with Crippen LogP contribution < -0.4 is 11.1 Å². The van der Waals surface area contributed by atoms with Crippen molar-refractivity contribution >= 4 is 40.6 Å². The number of nitrogens with zero attached hydrogens (tertiary/aromatic N) is 2. The molecule has 166 valence electrons. The van der Waals surface area contributed by atoms with E-state index in [9.17, 15) is 29.4 Å². The summed E-state index contributed by atoms with van der Waals surface area (Å²) in [7, 11) is 0. The van der Waals surface area contributed by atoms with Crippen molar-refractivity contribution in [2.75, 3.05) is 5.73 Å². The summed E-state index contributed by atoms with van der Waals surface area (Å²) < 4.78 is 0. The minimum Gasteiger partial charge on any atom is -0.493 e. The highest BCUT2D eigenvalue weighted by atomic mass is 16.4. The number of amides is 1. The molecule has 12 heteroatoms. The normalized spacial score (nSPS) is 11.8. The van der Waals surface area contributed by atoms with Gasteiger partial charge >= 0.3 is 11.9 Å². The van der Waals surface area contributed by atoms with Gasteiger partial charge in [0.1, 0.15) is 11.7 Å². The number of hydrogen-bond acceptors (Lipinski definition) is 8. The second kappa shape index (κ2) is 8.71. The third-order valence-corrected chi connectivity index (χ3v) is 4.76. The molecule has 2 aromatic heterocycles. The number of aliphatic carboxylic acids is 2. The van der Waals surface area contributed by atoms with Crippen molar-refractivity contribution in [2.24, 2.45) is 0 Å². The number of carboxylic acids is 2. The lowest BCUT2D eigenvalue weighted by Gasteiger charge is -2.15. The predicted molar refractivity (Wildman–Crippen MR) is 110 cm³/mol. The molecule has 1 aromatic carbocycles. The molecule has 0 bridgehead atoms. The van der Waals surface area contributed by atoms with Gasteiger partial charge in [0.2, 0.25) is 11.8 Å². The Morgan fingerprint density at radius 1 is 1.16 bits per heavy atom. The lowest BCUT2D eigenvalue weighted by Crippen LogP contribution is -2.41. The molecule has 12 nitrogen and oxygen atoms in total. The van der Waals surface area contributed by atoms with Gasteiger partial charge in [-0.25, -0.2) is 4.79 Å². The van der Waals surface area contributed by atoms with Crippen LogP contribution in [-0.4, -0.2) is 59.9 Å². The van der Waals surface area contributed by atoms with Crippen LogP contribution in [0, 0.1) is 6.92 Å². The van der Waals surface area contributed by atoms with E-state index in [0.717, 1.165) is 0 Å². The molecular weight excluding hydrogens is 422 g/mol. The maximum atomic E-state index is 13.0. The average Bonchev–Trinajstić information content (AvgIpc) is 3.13. The zero-order valence-corrected chi connectivity index (χ0v) is 16.7. The maximum Gasteiger partial charge on any atom is 0.326 e. The number of aryl methyl sites for hydroxylation is 1. The number of carbonyl (C=O) groups is 4. The first kappa shape index (κ1) is 22.2. The summed E-state index contributed by atoms with van der Waals surface area (Å²) in [6.45, 7) is 1.56. The van der Waals surface area contributed by atoms with E-state index in [0.29, 0.717) is 5.56 Å². The number of ketones is 1. The van der Waals surface area contributed by atoms with Gasteiger partial charge in [-0.15, -0.1) is 0 Å². The number of nitrogens with two attached hydrogens (primary N) is 1. The van der Waals surface area contributed by atoms with Crippen molar-refractivity contribution < 1.29 is 34.5 Å². The summed E-state index contributed by atoms with van der Waals surface area (Å²) >= 11 is 0. The zero-order valence-electron chi connectivity index (χ0n) is 16.7. The fraction of sp³-hybridized carbons (Fsp3) is 0.200. The molecule has 0 saturated carbocycles. The summed E-state index contributed by atoms with van der Waals surface area (Å²) in [5.41, 5.74) is 6.49. The zero-order chi connectivity index (χ0) is 23.6. The number of anilines is 1. The van der Waals surface area contributed by atoms with Crippen molar-refractivity contribution in [2.45, 2.75) is 25.8 Å². The Hall–Kier alpha value is -4.48. The molecule has 0 unspecified atom stereocenters. The SMILES string of the molecule is Cc1cc(C(=O)c2c[nH]c3nc(N)nc(O)c23)ccc1C(=O)N[C@@H](CCC(=O)O)C(=O)O. The van der Waals surface area contributed by atoms with Gasteiger partial charge in [0.25, 0.3) is 5.91 Å². The molecule has 32 heavy (non-hydrogen) atoms. The van der Waals surface area contributed by atoms with E-state index < -0.39 is 42.0 Å². The second-order valence-electron chi connectivity index (χ2n) is 6.99. The fourth-order valence-corrected chi connectivity index (χ4v) is 3.19. The Kier molecular flexibility index (Phi) is 6.05. The lowest BCUT2D eigenvalue weighted by molar-refractivity contribution is -0.140. The molecule has 3 aromatic rings. The summed E-state index contributed by atoms with van der Waals surface area (Å²) in [5.74, 6) is -4.34. The second-order valence-corrected chi connectivity index (χ2v) is 6.99. The minimum absolute atomic E-state index is 0.103. The van der Waals surface area contributed by atoms with Crippen LogP contribution in [0.3, 0.4) is 0 Å². The first-order valence-electron chi connectivity index (χ1n) is 9.32. The van der Waals surface area contributed by atoms with Crippen LogP contribution in [0.25, 0.3) is 11.0 Å². The molecular formula is C20H19N5O7. The summed E-state index contributed by atoms with van der Waals surface area (Å²) in [4.78, 5) is 57.8. The molecule has 2 heterocycles. The Bertz CT molecular complexity index is 1250. The molecule has 0 saturated heterocycles. The molecule has 0 aliphatic heterocycles. The van der Waals surface area contributed by atoms with Crippen molar-refractivity contribution in [3.63, 3.8) is 0 Å². The molecule has 1 amide bonds. The molecule has 0 spiro atoms. The average molecular weight is 441 g/mol. The van der Waals surface area contributed by atoms with E-state index in [1.807, 2.05) is 0 Å². The van der Waals surface area contributed by atoms with E-state index >= 15 is 0 Å². The topological polar surface area (TPSA) is 209 Å². The predicted octanol–water partition coefficient (Wildman–Crippen LogP) is 0.833. The first-order chi connectivity index (χ1) is 15.1. The van der Waals surface area contributed by atoms with Gasteiger partial charge in [-0.1, -0.05) is 6.07 Å². The Morgan fingerprint density at radius 2 is 1.88 bits per heavy atom. The molecule has 0 radical (unpaired) electrons. The number of fused-ring (bicyclic) bond motifs is 1. The van der Waals surface area contributed by atoms with Gasteiger partial charge in [-0.2, -0.15) is 9.97 Å². The Labute approximate surface area is 180 Å². The number of nitrogen functional groups attached to an aromatic ring is 1. The summed E-state index contributed by atoms with van der Waals surface area (Å²) in [6, 6.07) is 2.81. The van der Waals surface area contributed by atoms with Crippen molar-refractivity contribution in [1.82, 2.24) is 20.3 Å². The van der Waals surface area contributed by atoms with E-state index in [1.165, 1.54) is 24.4 Å². The fourth-order valence-electron chi connectivity index (χ4n) is 3.19. The number of carbonyl (C=O) groups excluding carboxylic acids is 2. The van der Waals surface area contributed by atoms with Crippen molar-refractivity contribution in [1.29, 1.82) is 0 Å². The molecule has 1 atom stereocenters. The monoisotopic (exact) mass is 441 g/mol.